The molecule has 3 aromatic heterocycles. The molecule has 11 heteroatoms. The summed E-state index contributed by atoms with van der Waals surface area (Å²) in [4.78, 5) is 18.0. The van der Waals surface area contributed by atoms with Crippen LogP contribution in [-0.2, 0) is 11.3 Å². The first-order valence-corrected chi connectivity index (χ1v) is 13.3. The van der Waals surface area contributed by atoms with E-state index in [9.17, 15) is 0 Å². The molecule has 2 saturated heterocycles. The summed E-state index contributed by atoms with van der Waals surface area (Å²) < 4.78 is 37.1. The van der Waals surface area contributed by atoms with E-state index in [2.05, 4.69) is 44.3 Å². The van der Waals surface area contributed by atoms with Crippen LogP contribution in [0.3, 0.4) is 0 Å². The molecule has 39 heavy (non-hydrogen) atoms. The van der Waals surface area contributed by atoms with Gasteiger partial charge in [-0.25, -0.2) is 18.7 Å². The number of pyridine rings is 1. The molecule has 1 unspecified atom stereocenters. The second-order valence-electron chi connectivity index (χ2n) is 10.3. The third kappa shape index (κ3) is 5.56. The van der Waals surface area contributed by atoms with Crippen LogP contribution >= 0.6 is 0 Å². The summed E-state index contributed by atoms with van der Waals surface area (Å²) in [6.45, 7) is 8.80. The molecule has 2 aliphatic rings. The molecule has 0 radical (unpaired) electrons. The standard InChI is InChI=1S/C28H32F2N8O/c1-18-15-37(16-19(2)33-18)26-4-3-21(14-31-26)34-28-32-13-20-5-6-38(27(20)35-28)22-11-24(29)23(25(30)12-22)17-36-7-9-39-10-8-36/h3-6,11-14,18-19,33H,7-10,15-17H2,1-2H3,(H,32,34,35)/t18-,19?/m1/s1. The van der Waals surface area contributed by atoms with Crippen molar-refractivity contribution in [1.29, 1.82) is 0 Å². The molecule has 0 aliphatic carbocycles. The zero-order chi connectivity index (χ0) is 26.9. The van der Waals surface area contributed by atoms with E-state index in [0.29, 0.717) is 55.7 Å². The molecule has 2 atom stereocenters. The van der Waals surface area contributed by atoms with Gasteiger partial charge in [0.1, 0.15) is 23.1 Å². The number of anilines is 3. The summed E-state index contributed by atoms with van der Waals surface area (Å²) in [5.41, 5.74) is 1.72. The number of nitrogens with one attached hydrogen (secondary N) is 2. The highest BCUT2D eigenvalue weighted by Gasteiger charge is 2.22. The quantitative estimate of drug-likeness (QED) is 0.386. The first kappa shape index (κ1) is 25.6. The Hall–Kier alpha value is -3.67. The molecule has 5 heterocycles. The second kappa shape index (κ2) is 10.8. The van der Waals surface area contributed by atoms with E-state index < -0.39 is 11.6 Å². The van der Waals surface area contributed by atoms with Crippen LogP contribution < -0.4 is 15.5 Å². The van der Waals surface area contributed by atoms with Gasteiger partial charge in [-0.1, -0.05) is 0 Å². The molecule has 0 bridgehead atoms. The normalized spacial score (nSPS) is 20.5. The topological polar surface area (TPSA) is 83.4 Å². The van der Waals surface area contributed by atoms with Crippen LogP contribution in [0.5, 0.6) is 0 Å². The maximum atomic E-state index is 15.1. The van der Waals surface area contributed by atoms with Gasteiger partial charge in [0.15, 0.2) is 0 Å². The first-order valence-electron chi connectivity index (χ1n) is 13.3. The van der Waals surface area contributed by atoms with Crippen molar-refractivity contribution in [1.82, 2.24) is 29.7 Å². The summed E-state index contributed by atoms with van der Waals surface area (Å²) >= 11 is 0. The van der Waals surface area contributed by atoms with Gasteiger partial charge >= 0.3 is 0 Å². The summed E-state index contributed by atoms with van der Waals surface area (Å²) in [6, 6.07) is 9.26. The number of aromatic nitrogens is 4. The Balaban J connectivity index is 1.21. The van der Waals surface area contributed by atoms with Crippen molar-refractivity contribution in [3.8, 4) is 5.69 Å². The average molecular weight is 535 g/mol. The molecule has 9 nitrogen and oxygen atoms in total. The molecule has 6 rings (SSSR count). The van der Waals surface area contributed by atoms with Crippen LogP contribution in [0.15, 0.2) is 48.9 Å². The molecule has 4 aromatic rings. The van der Waals surface area contributed by atoms with Gasteiger partial charge in [-0.3, -0.25) is 4.90 Å². The van der Waals surface area contributed by atoms with Crippen molar-refractivity contribution < 1.29 is 13.5 Å². The van der Waals surface area contributed by atoms with Gasteiger partial charge in [-0.05, 0) is 44.2 Å². The largest absolute Gasteiger partial charge is 0.379 e. The number of ether oxygens (including phenoxy) is 1. The third-order valence-corrected chi connectivity index (χ3v) is 7.20. The number of piperazine rings is 1. The van der Waals surface area contributed by atoms with Gasteiger partial charge in [0, 0.05) is 68.2 Å². The lowest BCUT2D eigenvalue weighted by atomic mass is 10.1. The minimum absolute atomic E-state index is 0.0646. The molecule has 204 valence electrons. The van der Waals surface area contributed by atoms with Crippen molar-refractivity contribution in [2.75, 3.05) is 49.6 Å². The predicted octanol–water partition coefficient (Wildman–Crippen LogP) is 3.86. The van der Waals surface area contributed by atoms with Gasteiger partial charge in [-0.15, -0.1) is 0 Å². The molecule has 0 amide bonds. The van der Waals surface area contributed by atoms with Crippen LogP contribution in [0, 0.1) is 11.6 Å². The molecular weight excluding hydrogens is 502 g/mol. The Kier molecular flexibility index (Phi) is 7.11. The molecule has 0 spiro atoms. The molecule has 1 aromatic carbocycles. The first-order chi connectivity index (χ1) is 18.9. The number of hydrogen-bond acceptors (Lipinski definition) is 8. The number of benzene rings is 1. The highest BCUT2D eigenvalue weighted by Crippen LogP contribution is 2.25. The fraction of sp³-hybridized carbons (Fsp3) is 0.393. The minimum atomic E-state index is -0.579. The van der Waals surface area contributed by atoms with E-state index >= 15 is 8.78 Å². The Bertz CT molecular complexity index is 1420. The smallest absolute Gasteiger partial charge is 0.229 e. The highest BCUT2D eigenvalue weighted by atomic mass is 19.1. The lowest BCUT2D eigenvalue weighted by Gasteiger charge is -2.36. The van der Waals surface area contributed by atoms with Crippen molar-refractivity contribution in [2.45, 2.75) is 32.5 Å². The highest BCUT2D eigenvalue weighted by molar-refractivity contribution is 5.78. The number of halogens is 2. The third-order valence-electron chi connectivity index (χ3n) is 7.20. The number of nitrogens with zero attached hydrogens (tertiary/aromatic N) is 6. The Morgan fingerprint density at radius 1 is 1.00 bits per heavy atom. The maximum Gasteiger partial charge on any atom is 0.229 e. The Morgan fingerprint density at radius 2 is 1.74 bits per heavy atom. The minimum Gasteiger partial charge on any atom is -0.379 e. The average Bonchev–Trinajstić information content (AvgIpc) is 3.34. The Morgan fingerprint density at radius 3 is 2.44 bits per heavy atom. The SMILES string of the molecule is CC1CN(c2ccc(Nc3ncc4ccn(-c5cc(F)c(CN6CCOCC6)c(F)c5)c4n3)cn2)C[C@@H](C)N1. The second-order valence-corrected chi connectivity index (χ2v) is 10.3. The molecule has 2 N–H and O–H groups in total. The van der Waals surface area contributed by atoms with E-state index in [-0.39, 0.29) is 12.1 Å². The van der Waals surface area contributed by atoms with Crippen molar-refractivity contribution in [3.63, 3.8) is 0 Å². The summed E-state index contributed by atoms with van der Waals surface area (Å²) in [6.07, 6.45) is 5.19. The van der Waals surface area contributed by atoms with Crippen LogP contribution in [0.25, 0.3) is 16.7 Å². The van der Waals surface area contributed by atoms with E-state index in [0.717, 1.165) is 30.0 Å². The summed E-state index contributed by atoms with van der Waals surface area (Å²) in [7, 11) is 0. The van der Waals surface area contributed by atoms with E-state index in [1.807, 2.05) is 23.1 Å². The number of morpholine rings is 1. The van der Waals surface area contributed by atoms with E-state index in [4.69, 9.17) is 4.74 Å². The predicted molar refractivity (Wildman–Crippen MR) is 147 cm³/mol. The van der Waals surface area contributed by atoms with E-state index in [1.54, 1.807) is 23.2 Å². The van der Waals surface area contributed by atoms with Crippen LogP contribution in [-0.4, -0.2) is 75.9 Å². The van der Waals surface area contributed by atoms with Crippen LogP contribution in [0.1, 0.15) is 19.4 Å². The van der Waals surface area contributed by atoms with Crippen molar-refractivity contribution in [3.05, 3.63) is 66.1 Å². The van der Waals surface area contributed by atoms with Crippen molar-refractivity contribution in [2.24, 2.45) is 0 Å². The number of rotatable bonds is 6. The van der Waals surface area contributed by atoms with Gasteiger partial charge in [-0.2, -0.15) is 4.98 Å². The van der Waals surface area contributed by atoms with Gasteiger partial charge in [0.2, 0.25) is 5.95 Å². The molecule has 2 fully saturated rings. The lowest BCUT2D eigenvalue weighted by Crippen LogP contribution is -2.54. The zero-order valence-corrected chi connectivity index (χ0v) is 22.1. The summed E-state index contributed by atoms with van der Waals surface area (Å²) in [5.74, 6) is 0.133. The van der Waals surface area contributed by atoms with Gasteiger partial charge in [0.25, 0.3) is 0 Å². The molecule has 0 saturated carbocycles. The Labute approximate surface area is 225 Å². The van der Waals surface area contributed by atoms with E-state index in [1.165, 1.54) is 12.1 Å². The van der Waals surface area contributed by atoms with Crippen molar-refractivity contribution >= 4 is 28.5 Å². The monoisotopic (exact) mass is 534 g/mol. The van der Waals surface area contributed by atoms with Gasteiger partial charge < -0.3 is 24.8 Å². The number of hydrogen-bond donors (Lipinski definition) is 2. The van der Waals surface area contributed by atoms with Gasteiger partial charge in [0.05, 0.1) is 30.8 Å². The molecule has 2 aliphatic heterocycles. The lowest BCUT2D eigenvalue weighted by molar-refractivity contribution is 0.0332. The maximum absolute atomic E-state index is 15.1. The van der Waals surface area contributed by atoms with Crippen LogP contribution in [0.2, 0.25) is 0 Å². The molecular formula is C28H32F2N8O. The summed E-state index contributed by atoms with van der Waals surface area (Å²) in [5, 5.41) is 7.48. The zero-order valence-electron chi connectivity index (χ0n) is 22.1. The fourth-order valence-electron chi connectivity index (χ4n) is 5.34. The fourth-order valence-corrected chi connectivity index (χ4v) is 5.34. The van der Waals surface area contributed by atoms with Crippen LogP contribution in [0.4, 0.5) is 26.2 Å². The number of fused-ring (bicyclic) bond motifs is 1.